The number of furan rings is 1. The monoisotopic (exact) mass is 394 g/mol. The minimum absolute atomic E-state index is 0.0289. The molecule has 0 N–H and O–H groups in total. The quantitative estimate of drug-likeness (QED) is 0.680. The highest BCUT2D eigenvalue weighted by atomic mass is 16.3. The lowest BCUT2D eigenvalue weighted by atomic mass is 10.2. The molecule has 1 aliphatic rings. The molecule has 0 aromatic carbocycles. The molecule has 1 saturated heterocycles. The molecule has 8 nitrogen and oxygen atoms in total. The lowest BCUT2D eigenvalue weighted by molar-refractivity contribution is 0.0744. The van der Waals surface area contributed by atoms with Gasteiger partial charge in [-0.3, -0.25) is 4.79 Å². The van der Waals surface area contributed by atoms with Gasteiger partial charge in [0.2, 0.25) is 0 Å². The third-order valence-electron chi connectivity index (χ3n) is 5.20. The maximum Gasteiger partial charge on any atom is 0.257 e. The second-order valence-electron chi connectivity index (χ2n) is 7.58. The van der Waals surface area contributed by atoms with Crippen molar-refractivity contribution in [3.8, 4) is 5.82 Å². The van der Waals surface area contributed by atoms with Crippen LogP contribution in [0.25, 0.3) is 5.82 Å². The second kappa shape index (κ2) is 7.35. The first-order chi connectivity index (χ1) is 13.8. The van der Waals surface area contributed by atoms with Crippen molar-refractivity contribution < 1.29 is 9.21 Å². The standard InChI is InChI=1S/C21H26N6O2/c1-13-10-14(2)27(24-13)20-12-19(22-17(5)23-20)25-6-8-26(9-7-25)21(28)18-11-15(3)29-16(18)4/h10-12H,6-9H2,1-5H3. The van der Waals surface area contributed by atoms with E-state index in [-0.39, 0.29) is 5.91 Å². The molecule has 1 fully saturated rings. The summed E-state index contributed by atoms with van der Waals surface area (Å²) in [4.78, 5) is 26.1. The van der Waals surface area contributed by atoms with E-state index in [1.54, 1.807) is 0 Å². The van der Waals surface area contributed by atoms with Crippen molar-refractivity contribution in [2.75, 3.05) is 31.1 Å². The van der Waals surface area contributed by atoms with Crippen LogP contribution in [0.3, 0.4) is 0 Å². The van der Waals surface area contributed by atoms with Crippen LogP contribution in [0.1, 0.15) is 39.1 Å². The lowest BCUT2D eigenvalue weighted by Crippen LogP contribution is -2.49. The van der Waals surface area contributed by atoms with Crippen LogP contribution >= 0.6 is 0 Å². The number of hydrogen-bond donors (Lipinski definition) is 0. The first kappa shape index (κ1) is 19.2. The summed E-state index contributed by atoms with van der Waals surface area (Å²) in [5.74, 6) is 3.80. The number of nitrogens with zero attached hydrogens (tertiary/aromatic N) is 6. The summed E-state index contributed by atoms with van der Waals surface area (Å²) in [5, 5.41) is 4.53. The number of carbonyl (C=O) groups is 1. The van der Waals surface area contributed by atoms with Crippen LogP contribution < -0.4 is 4.90 Å². The van der Waals surface area contributed by atoms with Crippen LogP contribution in [-0.4, -0.2) is 56.7 Å². The zero-order valence-electron chi connectivity index (χ0n) is 17.6. The predicted molar refractivity (Wildman–Crippen MR) is 110 cm³/mol. The van der Waals surface area contributed by atoms with Crippen molar-refractivity contribution in [2.24, 2.45) is 0 Å². The molecule has 29 heavy (non-hydrogen) atoms. The van der Waals surface area contributed by atoms with Gasteiger partial charge >= 0.3 is 0 Å². The number of aryl methyl sites for hydroxylation is 5. The van der Waals surface area contributed by atoms with Crippen molar-refractivity contribution >= 4 is 11.7 Å². The zero-order valence-corrected chi connectivity index (χ0v) is 17.6. The Balaban J connectivity index is 1.51. The smallest absolute Gasteiger partial charge is 0.257 e. The third-order valence-corrected chi connectivity index (χ3v) is 5.20. The summed E-state index contributed by atoms with van der Waals surface area (Å²) in [7, 11) is 0. The average Bonchev–Trinajstić information content (AvgIpc) is 3.20. The van der Waals surface area contributed by atoms with Crippen molar-refractivity contribution in [1.82, 2.24) is 24.6 Å². The van der Waals surface area contributed by atoms with Gasteiger partial charge in [0.15, 0.2) is 5.82 Å². The number of aromatic nitrogens is 4. The van der Waals surface area contributed by atoms with Crippen LogP contribution in [-0.2, 0) is 0 Å². The topological polar surface area (TPSA) is 80.3 Å². The lowest BCUT2D eigenvalue weighted by Gasteiger charge is -2.35. The molecule has 0 bridgehead atoms. The predicted octanol–water partition coefficient (Wildman–Crippen LogP) is 2.76. The molecule has 4 heterocycles. The van der Waals surface area contributed by atoms with Gasteiger partial charge in [-0.05, 0) is 46.8 Å². The number of carbonyl (C=O) groups excluding carboxylic acids is 1. The molecule has 0 unspecified atom stereocenters. The van der Waals surface area contributed by atoms with Gasteiger partial charge in [-0.1, -0.05) is 0 Å². The van der Waals surface area contributed by atoms with Crippen molar-refractivity contribution in [3.05, 3.63) is 52.5 Å². The Kier molecular flexibility index (Phi) is 4.86. The van der Waals surface area contributed by atoms with Gasteiger partial charge in [0.05, 0.1) is 11.3 Å². The first-order valence-electron chi connectivity index (χ1n) is 9.82. The van der Waals surface area contributed by atoms with Crippen LogP contribution in [0.4, 0.5) is 5.82 Å². The summed E-state index contributed by atoms with van der Waals surface area (Å²) < 4.78 is 7.36. The fourth-order valence-electron chi connectivity index (χ4n) is 3.82. The van der Waals surface area contributed by atoms with Crippen LogP contribution in [0.15, 0.2) is 22.6 Å². The Morgan fingerprint density at radius 1 is 0.931 bits per heavy atom. The van der Waals surface area contributed by atoms with E-state index in [2.05, 4.69) is 20.0 Å². The fourth-order valence-corrected chi connectivity index (χ4v) is 3.82. The van der Waals surface area contributed by atoms with E-state index >= 15 is 0 Å². The molecule has 3 aromatic heterocycles. The highest BCUT2D eigenvalue weighted by molar-refractivity contribution is 5.95. The van der Waals surface area contributed by atoms with Gasteiger partial charge in [-0.15, -0.1) is 0 Å². The fraction of sp³-hybridized carbons (Fsp3) is 0.429. The van der Waals surface area contributed by atoms with E-state index in [9.17, 15) is 4.79 Å². The normalized spacial score (nSPS) is 14.5. The molecule has 0 atom stereocenters. The zero-order chi connectivity index (χ0) is 20.7. The molecule has 3 aromatic rings. The Bertz CT molecular complexity index is 1060. The molecule has 0 aliphatic carbocycles. The van der Waals surface area contributed by atoms with Gasteiger partial charge in [-0.2, -0.15) is 5.10 Å². The van der Waals surface area contributed by atoms with Gasteiger partial charge in [0, 0.05) is 37.9 Å². The molecule has 1 aliphatic heterocycles. The van der Waals surface area contributed by atoms with Gasteiger partial charge in [0.1, 0.15) is 23.2 Å². The van der Waals surface area contributed by atoms with Crippen LogP contribution in [0.2, 0.25) is 0 Å². The number of anilines is 1. The molecule has 0 spiro atoms. The van der Waals surface area contributed by atoms with Gasteiger partial charge < -0.3 is 14.2 Å². The third kappa shape index (κ3) is 3.74. The largest absolute Gasteiger partial charge is 0.466 e. The Morgan fingerprint density at radius 3 is 2.21 bits per heavy atom. The summed E-state index contributed by atoms with van der Waals surface area (Å²) in [6, 6.07) is 5.81. The number of amides is 1. The van der Waals surface area contributed by atoms with Crippen molar-refractivity contribution in [1.29, 1.82) is 0 Å². The molecule has 0 radical (unpaired) electrons. The summed E-state index contributed by atoms with van der Waals surface area (Å²) in [5.41, 5.74) is 2.64. The van der Waals surface area contributed by atoms with E-state index in [0.717, 1.165) is 28.8 Å². The maximum absolute atomic E-state index is 12.8. The van der Waals surface area contributed by atoms with E-state index in [1.807, 2.05) is 62.4 Å². The van der Waals surface area contributed by atoms with Crippen molar-refractivity contribution in [3.63, 3.8) is 0 Å². The molecule has 1 amide bonds. The van der Waals surface area contributed by atoms with E-state index in [4.69, 9.17) is 4.42 Å². The van der Waals surface area contributed by atoms with Gasteiger partial charge in [-0.25, -0.2) is 14.6 Å². The minimum atomic E-state index is 0.0289. The Morgan fingerprint density at radius 2 is 1.62 bits per heavy atom. The highest BCUT2D eigenvalue weighted by Crippen LogP contribution is 2.21. The molecule has 8 heteroatoms. The highest BCUT2D eigenvalue weighted by Gasteiger charge is 2.26. The summed E-state index contributed by atoms with van der Waals surface area (Å²) in [6.45, 7) is 12.3. The minimum Gasteiger partial charge on any atom is -0.466 e. The second-order valence-corrected chi connectivity index (χ2v) is 7.58. The van der Waals surface area contributed by atoms with E-state index in [0.29, 0.717) is 43.3 Å². The molecule has 4 rings (SSSR count). The first-order valence-corrected chi connectivity index (χ1v) is 9.82. The van der Waals surface area contributed by atoms with Gasteiger partial charge in [0.25, 0.3) is 5.91 Å². The number of rotatable bonds is 3. The number of hydrogen-bond acceptors (Lipinski definition) is 6. The molecule has 152 valence electrons. The number of piperazine rings is 1. The SMILES string of the molecule is Cc1cc(C)n(-c2cc(N3CCN(C(=O)c4cc(C)oc4C)CC3)nc(C)n2)n1. The molecule has 0 saturated carbocycles. The molecular formula is C21H26N6O2. The van der Waals surface area contributed by atoms with E-state index in [1.165, 1.54) is 0 Å². The average molecular weight is 394 g/mol. The van der Waals surface area contributed by atoms with Crippen LogP contribution in [0.5, 0.6) is 0 Å². The summed E-state index contributed by atoms with van der Waals surface area (Å²) in [6.07, 6.45) is 0. The van der Waals surface area contributed by atoms with E-state index < -0.39 is 0 Å². The Hall–Kier alpha value is -3.16. The Labute approximate surface area is 170 Å². The molecular weight excluding hydrogens is 368 g/mol. The van der Waals surface area contributed by atoms with Crippen molar-refractivity contribution in [2.45, 2.75) is 34.6 Å². The van der Waals surface area contributed by atoms with Crippen LogP contribution in [0, 0.1) is 34.6 Å². The summed E-state index contributed by atoms with van der Waals surface area (Å²) >= 11 is 0. The maximum atomic E-state index is 12.8.